The van der Waals surface area contributed by atoms with Crippen LogP contribution in [0.15, 0.2) is 29.1 Å². The molecule has 0 fully saturated rings. The Morgan fingerprint density at radius 1 is 1.19 bits per heavy atom. The van der Waals surface area contributed by atoms with Gasteiger partial charge >= 0.3 is 0 Å². The molecule has 112 valence electrons. The van der Waals surface area contributed by atoms with E-state index in [0.717, 1.165) is 36.4 Å². The maximum Gasteiger partial charge on any atom is 0.254 e. The second kappa shape index (κ2) is 7.07. The van der Waals surface area contributed by atoms with Crippen LogP contribution in [0.4, 0.5) is 0 Å². The van der Waals surface area contributed by atoms with Gasteiger partial charge in [0.15, 0.2) is 0 Å². The highest BCUT2D eigenvalue weighted by Gasteiger charge is 2.13. The van der Waals surface area contributed by atoms with Gasteiger partial charge in [0.2, 0.25) is 0 Å². The molecule has 0 aliphatic rings. The highest BCUT2D eigenvalue weighted by atomic mass is 16.5. The van der Waals surface area contributed by atoms with Crippen LogP contribution < -0.4 is 10.3 Å². The first-order valence-corrected chi connectivity index (χ1v) is 7.49. The number of rotatable bonds is 6. The van der Waals surface area contributed by atoms with Crippen molar-refractivity contribution in [2.45, 2.75) is 40.0 Å². The minimum Gasteiger partial charge on any atom is -0.493 e. The van der Waals surface area contributed by atoms with Crippen molar-refractivity contribution in [3.63, 3.8) is 0 Å². The Bertz CT molecular complexity index is 662. The Labute approximate surface area is 125 Å². The minimum atomic E-state index is -0.0752. The van der Waals surface area contributed by atoms with Gasteiger partial charge in [0.1, 0.15) is 11.6 Å². The third-order valence-corrected chi connectivity index (χ3v) is 3.29. The summed E-state index contributed by atoms with van der Waals surface area (Å²) in [7, 11) is 0. The summed E-state index contributed by atoms with van der Waals surface area (Å²) in [5.74, 6) is 1.51. The maximum atomic E-state index is 12.1. The Hall–Kier alpha value is -2.10. The molecule has 2 aromatic rings. The van der Waals surface area contributed by atoms with E-state index in [1.54, 1.807) is 6.92 Å². The summed E-state index contributed by atoms with van der Waals surface area (Å²) in [6.07, 6.45) is 2.65. The van der Waals surface area contributed by atoms with Crippen LogP contribution in [0.1, 0.15) is 38.1 Å². The van der Waals surface area contributed by atoms with Crippen LogP contribution >= 0.6 is 0 Å². The van der Waals surface area contributed by atoms with Gasteiger partial charge < -0.3 is 9.72 Å². The molecular weight excluding hydrogens is 264 g/mol. The molecule has 0 aliphatic heterocycles. The Balaban J connectivity index is 2.53. The van der Waals surface area contributed by atoms with E-state index in [0.29, 0.717) is 17.9 Å². The van der Waals surface area contributed by atoms with Crippen molar-refractivity contribution in [1.82, 2.24) is 9.97 Å². The predicted octanol–water partition coefficient (Wildman–Crippen LogP) is 3.49. The average Bonchev–Trinajstić information content (AvgIpc) is 2.49. The molecule has 2 rings (SSSR count). The summed E-state index contributed by atoms with van der Waals surface area (Å²) < 4.78 is 5.78. The lowest BCUT2D eigenvalue weighted by atomic mass is 10.1. The van der Waals surface area contributed by atoms with E-state index in [1.807, 2.05) is 24.3 Å². The van der Waals surface area contributed by atoms with Crippen molar-refractivity contribution >= 4 is 0 Å². The molecule has 4 nitrogen and oxygen atoms in total. The van der Waals surface area contributed by atoms with E-state index < -0.39 is 0 Å². The van der Waals surface area contributed by atoms with Gasteiger partial charge in [-0.25, -0.2) is 4.98 Å². The highest BCUT2D eigenvalue weighted by molar-refractivity contribution is 5.69. The molecule has 21 heavy (non-hydrogen) atoms. The molecule has 0 bridgehead atoms. The van der Waals surface area contributed by atoms with Crippen LogP contribution in [-0.4, -0.2) is 16.6 Å². The fourth-order valence-electron chi connectivity index (χ4n) is 2.20. The van der Waals surface area contributed by atoms with E-state index in [2.05, 4.69) is 23.8 Å². The van der Waals surface area contributed by atoms with E-state index in [9.17, 15) is 4.79 Å². The molecule has 0 spiro atoms. The second-order valence-corrected chi connectivity index (χ2v) is 5.08. The summed E-state index contributed by atoms with van der Waals surface area (Å²) in [5, 5.41) is 0. The van der Waals surface area contributed by atoms with Crippen molar-refractivity contribution in [2.24, 2.45) is 0 Å². The second-order valence-electron chi connectivity index (χ2n) is 5.08. The first-order valence-electron chi connectivity index (χ1n) is 7.49. The largest absolute Gasteiger partial charge is 0.493 e. The van der Waals surface area contributed by atoms with Crippen LogP contribution in [0.3, 0.4) is 0 Å². The van der Waals surface area contributed by atoms with E-state index in [4.69, 9.17) is 4.74 Å². The van der Waals surface area contributed by atoms with Gasteiger partial charge in [-0.15, -0.1) is 0 Å². The Morgan fingerprint density at radius 2 is 1.95 bits per heavy atom. The smallest absolute Gasteiger partial charge is 0.254 e. The lowest BCUT2D eigenvalue weighted by Gasteiger charge is -2.12. The van der Waals surface area contributed by atoms with Crippen molar-refractivity contribution in [1.29, 1.82) is 0 Å². The van der Waals surface area contributed by atoms with Crippen LogP contribution in [-0.2, 0) is 6.42 Å². The van der Waals surface area contributed by atoms with Gasteiger partial charge in [-0.2, -0.15) is 0 Å². The molecule has 0 unspecified atom stereocenters. The molecule has 1 heterocycles. The van der Waals surface area contributed by atoms with Crippen molar-refractivity contribution < 1.29 is 4.74 Å². The first kappa shape index (κ1) is 15.3. The summed E-state index contributed by atoms with van der Waals surface area (Å²) in [4.78, 5) is 19.6. The number of nitrogens with one attached hydrogen (secondary N) is 1. The van der Waals surface area contributed by atoms with Gasteiger partial charge in [-0.05, 0) is 31.9 Å². The molecule has 0 saturated carbocycles. The molecule has 1 aromatic heterocycles. The number of ether oxygens (including phenoxy) is 1. The summed E-state index contributed by atoms with van der Waals surface area (Å²) in [6, 6.07) is 7.75. The molecule has 0 atom stereocenters. The van der Waals surface area contributed by atoms with Crippen LogP contribution in [0, 0.1) is 6.92 Å². The average molecular weight is 286 g/mol. The van der Waals surface area contributed by atoms with Gasteiger partial charge in [0.05, 0.1) is 12.3 Å². The maximum absolute atomic E-state index is 12.1. The summed E-state index contributed by atoms with van der Waals surface area (Å²) in [5.41, 5.74) is 2.15. The zero-order valence-electron chi connectivity index (χ0n) is 12.9. The monoisotopic (exact) mass is 286 g/mol. The number of aromatic nitrogens is 2. The van der Waals surface area contributed by atoms with E-state index in [1.165, 1.54) is 0 Å². The van der Waals surface area contributed by atoms with E-state index in [-0.39, 0.29) is 5.56 Å². The topological polar surface area (TPSA) is 55.0 Å². The van der Waals surface area contributed by atoms with Crippen LogP contribution in [0.5, 0.6) is 5.75 Å². The zero-order chi connectivity index (χ0) is 15.2. The SMILES string of the molecule is CCCOc1ccccc1-c1nc(CCC)[nH]c(=O)c1C. The number of para-hydroxylation sites is 1. The molecule has 4 heteroatoms. The molecule has 0 saturated heterocycles. The highest BCUT2D eigenvalue weighted by Crippen LogP contribution is 2.29. The minimum absolute atomic E-state index is 0.0752. The molecule has 0 aliphatic carbocycles. The molecule has 0 amide bonds. The third kappa shape index (κ3) is 3.51. The van der Waals surface area contributed by atoms with Gasteiger partial charge in [-0.3, -0.25) is 4.79 Å². The summed E-state index contributed by atoms with van der Waals surface area (Å²) in [6.45, 7) is 6.59. The normalized spacial score (nSPS) is 10.6. The van der Waals surface area contributed by atoms with Crippen LogP contribution in [0.25, 0.3) is 11.3 Å². The third-order valence-electron chi connectivity index (χ3n) is 3.29. The number of H-pyrrole nitrogens is 1. The van der Waals surface area contributed by atoms with Crippen LogP contribution in [0.2, 0.25) is 0 Å². The lowest BCUT2D eigenvalue weighted by molar-refractivity contribution is 0.318. The number of aromatic amines is 1. The van der Waals surface area contributed by atoms with Crippen molar-refractivity contribution in [3.8, 4) is 17.0 Å². The molecule has 1 aromatic carbocycles. The number of nitrogens with zero attached hydrogens (tertiary/aromatic N) is 1. The fourth-order valence-corrected chi connectivity index (χ4v) is 2.20. The lowest BCUT2D eigenvalue weighted by Crippen LogP contribution is -2.16. The summed E-state index contributed by atoms with van der Waals surface area (Å²) >= 11 is 0. The Morgan fingerprint density at radius 3 is 2.67 bits per heavy atom. The van der Waals surface area contributed by atoms with Gasteiger partial charge in [0, 0.05) is 17.5 Å². The van der Waals surface area contributed by atoms with Gasteiger partial charge in [0.25, 0.3) is 5.56 Å². The van der Waals surface area contributed by atoms with Crippen molar-refractivity contribution in [2.75, 3.05) is 6.61 Å². The fraction of sp³-hybridized carbons (Fsp3) is 0.412. The van der Waals surface area contributed by atoms with E-state index >= 15 is 0 Å². The number of hydrogen-bond donors (Lipinski definition) is 1. The predicted molar refractivity (Wildman–Crippen MR) is 84.8 cm³/mol. The first-order chi connectivity index (χ1) is 10.2. The quantitative estimate of drug-likeness (QED) is 0.884. The number of aryl methyl sites for hydroxylation is 1. The molecular formula is C17H22N2O2. The van der Waals surface area contributed by atoms with Gasteiger partial charge in [-0.1, -0.05) is 26.0 Å². The van der Waals surface area contributed by atoms with Crippen molar-refractivity contribution in [3.05, 3.63) is 46.0 Å². The molecule has 1 N–H and O–H groups in total. The zero-order valence-corrected chi connectivity index (χ0v) is 12.9. The molecule has 0 radical (unpaired) electrons. The standard InChI is InChI=1S/C17H22N2O2/c1-4-8-15-18-16(12(3)17(20)19-15)13-9-6-7-10-14(13)21-11-5-2/h6-7,9-10H,4-5,8,11H2,1-3H3,(H,18,19,20). The number of benzene rings is 1. The Kier molecular flexibility index (Phi) is 5.14. The number of hydrogen-bond acceptors (Lipinski definition) is 3.